The zero-order valence-electron chi connectivity index (χ0n) is 20.9. The highest BCUT2D eigenvalue weighted by atomic mass is 16.5. The molecule has 0 bridgehead atoms. The quantitative estimate of drug-likeness (QED) is 0.441. The predicted molar refractivity (Wildman–Crippen MR) is 126 cm³/mol. The molecule has 10 heteroatoms. The fourth-order valence-corrected chi connectivity index (χ4v) is 4.07. The van der Waals surface area contributed by atoms with Crippen molar-refractivity contribution in [2.45, 2.75) is 64.6 Å². The number of pyridine rings is 1. The van der Waals surface area contributed by atoms with Gasteiger partial charge in [0.25, 0.3) is 5.91 Å². The van der Waals surface area contributed by atoms with Crippen LogP contribution in [0.1, 0.15) is 58.3 Å². The number of rotatable bonds is 9. The van der Waals surface area contributed by atoms with Crippen molar-refractivity contribution in [2.75, 3.05) is 7.11 Å². The van der Waals surface area contributed by atoms with E-state index in [0.717, 1.165) is 0 Å². The SMILES string of the molecule is [2H]C1(C)CC[C@@H](C[C@@H](C#N)NC(=O)[C@H](CC(C)C)NC(=O)c2cc3c(OC)nccc3[nH]2)C(=O)N1. The van der Waals surface area contributed by atoms with E-state index < -0.39 is 35.8 Å². The number of H-pyrrole nitrogens is 1. The van der Waals surface area contributed by atoms with Gasteiger partial charge < -0.3 is 25.7 Å². The summed E-state index contributed by atoms with van der Waals surface area (Å²) in [5, 5.41) is 18.3. The molecule has 1 fully saturated rings. The summed E-state index contributed by atoms with van der Waals surface area (Å²) in [6.45, 7) is 5.49. The molecule has 3 amide bonds. The number of piperidine rings is 1. The predicted octanol–water partition coefficient (Wildman–Crippen LogP) is 2.03. The van der Waals surface area contributed by atoms with Gasteiger partial charge in [-0.1, -0.05) is 13.8 Å². The van der Waals surface area contributed by atoms with Crippen LogP contribution in [-0.4, -0.2) is 52.9 Å². The number of aromatic nitrogens is 2. The average molecular weight is 470 g/mol. The lowest BCUT2D eigenvalue weighted by Crippen LogP contribution is -2.51. The van der Waals surface area contributed by atoms with Crippen molar-refractivity contribution in [1.82, 2.24) is 25.9 Å². The molecule has 1 aliphatic rings. The molecule has 4 atom stereocenters. The third-order valence-electron chi connectivity index (χ3n) is 5.85. The van der Waals surface area contributed by atoms with Gasteiger partial charge in [-0.3, -0.25) is 14.4 Å². The minimum absolute atomic E-state index is 0.0949. The van der Waals surface area contributed by atoms with Crippen molar-refractivity contribution in [3.05, 3.63) is 24.0 Å². The summed E-state index contributed by atoms with van der Waals surface area (Å²) in [5.41, 5.74) is 0.924. The summed E-state index contributed by atoms with van der Waals surface area (Å²) in [4.78, 5) is 45.5. The van der Waals surface area contributed by atoms with Gasteiger partial charge in [-0.15, -0.1) is 0 Å². The Bertz CT molecular complexity index is 1140. The first-order chi connectivity index (χ1) is 16.5. The molecule has 3 heterocycles. The molecule has 3 rings (SSSR count). The van der Waals surface area contributed by atoms with Gasteiger partial charge in [-0.05, 0) is 50.7 Å². The second-order valence-electron chi connectivity index (χ2n) is 9.05. The van der Waals surface area contributed by atoms with E-state index in [1.807, 2.05) is 19.9 Å². The molecular formula is C24H32N6O4. The molecule has 4 N–H and O–H groups in total. The van der Waals surface area contributed by atoms with Crippen molar-refractivity contribution in [1.29, 1.82) is 5.26 Å². The highest BCUT2D eigenvalue weighted by Crippen LogP contribution is 2.24. The molecule has 2 aromatic heterocycles. The monoisotopic (exact) mass is 469 g/mol. The molecule has 0 saturated carbocycles. The molecule has 0 aromatic carbocycles. The number of methoxy groups -OCH3 is 1. The zero-order chi connectivity index (χ0) is 25.8. The van der Waals surface area contributed by atoms with Crippen LogP contribution in [0.2, 0.25) is 0 Å². The van der Waals surface area contributed by atoms with Crippen LogP contribution < -0.4 is 20.7 Å². The lowest BCUT2D eigenvalue weighted by molar-refractivity contribution is -0.129. The van der Waals surface area contributed by atoms with Gasteiger partial charge in [0.2, 0.25) is 17.7 Å². The van der Waals surface area contributed by atoms with Crippen LogP contribution in [0, 0.1) is 23.2 Å². The van der Waals surface area contributed by atoms with E-state index >= 15 is 0 Å². The molecule has 2 aromatic rings. The number of ether oxygens (including phenoxy) is 1. The standard InChI is InChI=1S/C24H32N6O4/c1-13(2)9-19(22(32)28-16(12-25)10-15-6-5-14(3)27-21(15)31)30-23(33)20-11-17-18(29-20)7-8-26-24(17)34-4/h7-8,11,13-16,19,29H,5-6,9-10H2,1-4H3,(H,27,31)(H,28,32)(H,30,33)/t14?,15-,16-,19-/m0/s1/i14D. The minimum Gasteiger partial charge on any atom is -0.481 e. The lowest BCUT2D eigenvalue weighted by atomic mass is 9.89. The van der Waals surface area contributed by atoms with Crippen molar-refractivity contribution in [3.63, 3.8) is 0 Å². The number of carbonyl (C=O) groups is 3. The number of hydrogen-bond acceptors (Lipinski definition) is 6. The summed E-state index contributed by atoms with van der Waals surface area (Å²) < 4.78 is 13.2. The minimum atomic E-state index is -1.02. The number of hydrogen-bond donors (Lipinski definition) is 4. The molecule has 10 nitrogen and oxygen atoms in total. The largest absolute Gasteiger partial charge is 0.481 e. The van der Waals surface area contributed by atoms with E-state index in [4.69, 9.17) is 6.11 Å². The zero-order valence-corrected chi connectivity index (χ0v) is 19.9. The maximum Gasteiger partial charge on any atom is 0.268 e. The Kier molecular flexibility index (Phi) is 7.62. The van der Waals surface area contributed by atoms with E-state index in [1.54, 1.807) is 25.3 Å². The molecule has 34 heavy (non-hydrogen) atoms. The van der Waals surface area contributed by atoms with Gasteiger partial charge in [0.1, 0.15) is 17.8 Å². The van der Waals surface area contributed by atoms with Gasteiger partial charge in [-0.25, -0.2) is 4.98 Å². The average Bonchev–Trinajstić information content (AvgIpc) is 3.23. The van der Waals surface area contributed by atoms with Crippen molar-refractivity contribution < 1.29 is 20.5 Å². The second-order valence-corrected chi connectivity index (χ2v) is 9.05. The van der Waals surface area contributed by atoms with Gasteiger partial charge in [0.05, 0.1) is 25.5 Å². The molecule has 1 unspecified atom stereocenters. The van der Waals surface area contributed by atoms with E-state index in [2.05, 4.69) is 25.9 Å². The molecule has 182 valence electrons. The molecular weight excluding hydrogens is 436 g/mol. The van der Waals surface area contributed by atoms with Gasteiger partial charge in [0, 0.05) is 18.1 Å². The van der Waals surface area contributed by atoms with Crippen LogP contribution >= 0.6 is 0 Å². The Morgan fingerprint density at radius 3 is 2.79 bits per heavy atom. The number of nitrogens with zero attached hydrogens (tertiary/aromatic N) is 2. The van der Waals surface area contributed by atoms with Gasteiger partial charge in [0.15, 0.2) is 0 Å². The molecule has 1 saturated heterocycles. The normalized spacial score (nSPS) is 22.3. The van der Waals surface area contributed by atoms with E-state index in [1.165, 1.54) is 7.11 Å². The Hall–Kier alpha value is -3.61. The number of nitriles is 1. The third-order valence-corrected chi connectivity index (χ3v) is 5.85. The Morgan fingerprint density at radius 1 is 1.38 bits per heavy atom. The number of carbonyl (C=O) groups excluding carboxylic acids is 3. The Morgan fingerprint density at radius 2 is 2.15 bits per heavy atom. The van der Waals surface area contributed by atoms with E-state index in [-0.39, 0.29) is 23.9 Å². The summed E-state index contributed by atoms with van der Waals surface area (Å²) in [6, 6.07) is 2.58. The highest BCUT2D eigenvalue weighted by Gasteiger charge is 2.31. The third kappa shape index (κ3) is 6.04. The smallest absolute Gasteiger partial charge is 0.268 e. The van der Waals surface area contributed by atoms with Crippen LogP contribution in [0.25, 0.3) is 10.9 Å². The topological polar surface area (TPSA) is 149 Å². The molecule has 0 radical (unpaired) electrons. The number of aromatic amines is 1. The van der Waals surface area contributed by atoms with Crippen LogP contribution in [0.5, 0.6) is 5.88 Å². The first-order valence-electron chi connectivity index (χ1n) is 11.9. The number of nitrogens with one attached hydrogen (secondary N) is 4. The summed E-state index contributed by atoms with van der Waals surface area (Å²) in [5.74, 6) is -1.25. The van der Waals surface area contributed by atoms with Crippen molar-refractivity contribution in [3.8, 4) is 11.9 Å². The van der Waals surface area contributed by atoms with Crippen molar-refractivity contribution >= 4 is 28.6 Å². The fraction of sp³-hybridized carbons (Fsp3) is 0.542. The first-order valence-corrected chi connectivity index (χ1v) is 11.4. The summed E-state index contributed by atoms with van der Waals surface area (Å²) >= 11 is 0. The summed E-state index contributed by atoms with van der Waals surface area (Å²) in [6.07, 6.45) is 2.99. The van der Waals surface area contributed by atoms with Crippen molar-refractivity contribution in [2.24, 2.45) is 11.8 Å². The first kappa shape index (κ1) is 23.5. The number of amides is 3. The number of fused-ring (bicyclic) bond motifs is 1. The Labute approximate surface area is 200 Å². The fourth-order valence-electron chi connectivity index (χ4n) is 4.07. The second kappa shape index (κ2) is 11.0. The summed E-state index contributed by atoms with van der Waals surface area (Å²) in [7, 11) is 1.49. The van der Waals surface area contributed by atoms with E-state index in [9.17, 15) is 19.6 Å². The maximum atomic E-state index is 13.1. The van der Waals surface area contributed by atoms with Gasteiger partial charge in [-0.2, -0.15) is 5.26 Å². The van der Waals surface area contributed by atoms with Gasteiger partial charge >= 0.3 is 0 Å². The lowest BCUT2D eigenvalue weighted by Gasteiger charge is -2.28. The van der Waals surface area contributed by atoms with Crippen LogP contribution in [-0.2, 0) is 9.59 Å². The molecule has 0 aliphatic carbocycles. The highest BCUT2D eigenvalue weighted by molar-refractivity contribution is 6.01. The maximum absolute atomic E-state index is 13.1. The van der Waals surface area contributed by atoms with E-state index in [0.29, 0.717) is 36.0 Å². The Balaban J connectivity index is 1.69. The van der Waals surface area contributed by atoms with Crippen LogP contribution in [0.15, 0.2) is 18.3 Å². The van der Waals surface area contributed by atoms with Crippen LogP contribution in [0.3, 0.4) is 0 Å². The molecule has 1 aliphatic heterocycles. The van der Waals surface area contributed by atoms with Crippen LogP contribution in [0.4, 0.5) is 0 Å². The molecule has 0 spiro atoms.